The lowest BCUT2D eigenvalue weighted by atomic mass is 10.2. The molecular formula is C16H25IN4. The Hall–Kier alpha value is -0.820. The molecular weight excluding hydrogens is 375 g/mol. The number of guanidine groups is 1. The van der Waals surface area contributed by atoms with E-state index in [1.165, 1.54) is 30.8 Å². The van der Waals surface area contributed by atoms with E-state index in [-0.39, 0.29) is 24.0 Å². The molecule has 21 heavy (non-hydrogen) atoms. The lowest BCUT2D eigenvalue weighted by Gasteiger charge is -2.30. The molecule has 2 heterocycles. The Morgan fingerprint density at radius 2 is 2.05 bits per heavy atom. The Morgan fingerprint density at radius 3 is 2.76 bits per heavy atom. The number of nitrogens with one attached hydrogen (secondary N) is 1. The van der Waals surface area contributed by atoms with Gasteiger partial charge in [-0.1, -0.05) is 18.2 Å². The Bertz CT molecular complexity index is 485. The summed E-state index contributed by atoms with van der Waals surface area (Å²) in [6.45, 7) is 8.56. The molecule has 1 N–H and O–H groups in total. The van der Waals surface area contributed by atoms with Gasteiger partial charge in [0.2, 0.25) is 0 Å². The molecule has 1 saturated heterocycles. The number of fused-ring (bicyclic) bond motifs is 1. The summed E-state index contributed by atoms with van der Waals surface area (Å²) in [5.41, 5.74) is 2.75. The molecule has 0 aliphatic carbocycles. The van der Waals surface area contributed by atoms with E-state index in [2.05, 4.69) is 46.3 Å². The monoisotopic (exact) mass is 400 g/mol. The zero-order chi connectivity index (χ0) is 13.8. The number of rotatable bonds is 4. The summed E-state index contributed by atoms with van der Waals surface area (Å²) >= 11 is 0. The first-order chi connectivity index (χ1) is 9.88. The van der Waals surface area contributed by atoms with Crippen molar-refractivity contribution in [1.82, 2.24) is 10.2 Å². The molecule has 0 spiro atoms. The van der Waals surface area contributed by atoms with E-state index >= 15 is 0 Å². The van der Waals surface area contributed by atoms with Gasteiger partial charge in [0, 0.05) is 25.3 Å². The van der Waals surface area contributed by atoms with Gasteiger partial charge in [-0.25, -0.2) is 0 Å². The summed E-state index contributed by atoms with van der Waals surface area (Å²) in [5.74, 6) is 1.04. The zero-order valence-corrected chi connectivity index (χ0v) is 15.0. The van der Waals surface area contributed by atoms with Gasteiger partial charge in [-0.05, 0) is 44.5 Å². The summed E-state index contributed by atoms with van der Waals surface area (Å²) in [5, 5.41) is 3.43. The van der Waals surface area contributed by atoms with Gasteiger partial charge in [0.1, 0.15) is 0 Å². The Kier molecular flexibility index (Phi) is 6.29. The summed E-state index contributed by atoms with van der Waals surface area (Å²) in [6, 6.07) is 8.65. The van der Waals surface area contributed by atoms with Crippen LogP contribution in [0.5, 0.6) is 0 Å². The molecule has 2 aliphatic heterocycles. The minimum atomic E-state index is 0. The minimum Gasteiger partial charge on any atom is -0.356 e. The second kappa shape index (κ2) is 7.98. The number of aliphatic imine (C=N–C) groups is 1. The van der Waals surface area contributed by atoms with Crippen molar-refractivity contribution >= 4 is 35.6 Å². The summed E-state index contributed by atoms with van der Waals surface area (Å²) in [7, 11) is 0. The van der Waals surface area contributed by atoms with E-state index in [0.29, 0.717) is 0 Å². The fourth-order valence-electron chi connectivity index (χ4n) is 2.86. The average Bonchev–Trinajstić information content (AvgIpc) is 2.84. The Morgan fingerprint density at radius 1 is 1.24 bits per heavy atom. The van der Waals surface area contributed by atoms with Crippen LogP contribution in [0.3, 0.4) is 0 Å². The van der Waals surface area contributed by atoms with Crippen molar-refractivity contribution in [2.24, 2.45) is 4.99 Å². The Labute approximate surface area is 144 Å². The highest BCUT2D eigenvalue weighted by molar-refractivity contribution is 14.0. The number of hydrogen-bond acceptors (Lipinski definition) is 2. The van der Waals surface area contributed by atoms with E-state index in [1.54, 1.807) is 0 Å². The third-order valence-electron chi connectivity index (χ3n) is 4.10. The fraction of sp³-hybridized carbons (Fsp3) is 0.562. The number of nitrogens with zero attached hydrogens (tertiary/aromatic N) is 3. The number of para-hydroxylation sites is 1. The maximum absolute atomic E-state index is 4.81. The average molecular weight is 400 g/mol. The second-order valence-corrected chi connectivity index (χ2v) is 5.46. The van der Waals surface area contributed by atoms with Crippen molar-refractivity contribution in [3.05, 3.63) is 29.8 Å². The number of halogens is 1. The first kappa shape index (κ1) is 16.5. The number of likely N-dealkylation sites (tertiary alicyclic amines) is 1. The Balaban J connectivity index is 0.00000161. The third kappa shape index (κ3) is 3.88. The van der Waals surface area contributed by atoms with Crippen LogP contribution >= 0.6 is 24.0 Å². The van der Waals surface area contributed by atoms with Crippen LogP contribution in [-0.2, 0) is 6.42 Å². The molecule has 0 saturated carbocycles. The molecule has 5 heteroatoms. The van der Waals surface area contributed by atoms with Crippen molar-refractivity contribution in [3.63, 3.8) is 0 Å². The predicted octanol–water partition coefficient (Wildman–Crippen LogP) is 2.34. The maximum Gasteiger partial charge on any atom is 0.198 e. The van der Waals surface area contributed by atoms with Gasteiger partial charge in [0.05, 0.1) is 6.54 Å². The molecule has 0 atom stereocenters. The molecule has 2 aliphatic rings. The van der Waals surface area contributed by atoms with Gasteiger partial charge in [0.15, 0.2) is 5.96 Å². The third-order valence-corrected chi connectivity index (χ3v) is 4.10. The molecule has 0 aromatic heterocycles. The van der Waals surface area contributed by atoms with Crippen LogP contribution < -0.4 is 10.2 Å². The van der Waals surface area contributed by atoms with E-state index < -0.39 is 0 Å². The van der Waals surface area contributed by atoms with Crippen molar-refractivity contribution in [2.45, 2.75) is 19.8 Å². The van der Waals surface area contributed by atoms with Crippen molar-refractivity contribution in [1.29, 1.82) is 0 Å². The lowest BCUT2D eigenvalue weighted by molar-refractivity contribution is 0.187. The highest BCUT2D eigenvalue weighted by Crippen LogP contribution is 2.27. The van der Waals surface area contributed by atoms with Crippen LogP contribution in [-0.4, -0.2) is 50.1 Å². The van der Waals surface area contributed by atoms with E-state index in [9.17, 15) is 0 Å². The maximum atomic E-state index is 4.81. The van der Waals surface area contributed by atoms with Gasteiger partial charge in [-0.3, -0.25) is 4.99 Å². The van der Waals surface area contributed by atoms with Crippen molar-refractivity contribution < 1.29 is 0 Å². The van der Waals surface area contributed by atoms with E-state index in [4.69, 9.17) is 4.99 Å². The molecule has 4 nitrogen and oxygen atoms in total. The summed E-state index contributed by atoms with van der Waals surface area (Å²) < 4.78 is 0. The zero-order valence-electron chi connectivity index (χ0n) is 12.7. The molecule has 1 aromatic rings. The van der Waals surface area contributed by atoms with Crippen LogP contribution in [0.25, 0.3) is 0 Å². The largest absolute Gasteiger partial charge is 0.356 e. The molecule has 3 rings (SSSR count). The van der Waals surface area contributed by atoms with Crippen molar-refractivity contribution in [3.8, 4) is 0 Å². The van der Waals surface area contributed by atoms with Crippen LogP contribution in [0.1, 0.15) is 18.9 Å². The molecule has 116 valence electrons. The molecule has 0 bridgehead atoms. The first-order valence-electron chi connectivity index (χ1n) is 7.74. The van der Waals surface area contributed by atoms with Gasteiger partial charge >= 0.3 is 0 Å². The van der Waals surface area contributed by atoms with Crippen molar-refractivity contribution in [2.75, 3.05) is 44.2 Å². The SMILES string of the molecule is CCNC(=NCCN1CCC1)N1CCc2ccccc21.I. The lowest BCUT2D eigenvalue weighted by Crippen LogP contribution is -2.42. The number of benzene rings is 1. The standard InChI is InChI=1S/C16H24N4.HI/c1-2-17-16(18-9-13-19-10-5-11-19)20-12-8-14-6-3-4-7-15(14)20;/h3-4,6-7H,2,5,8-13H2,1H3,(H,17,18);1H. The molecule has 1 aromatic carbocycles. The minimum absolute atomic E-state index is 0. The quantitative estimate of drug-likeness (QED) is 0.478. The van der Waals surface area contributed by atoms with Crippen LogP contribution in [0, 0.1) is 0 Å². The van der Waals surface area contributed by atoms with Gasteiger partial charge in [-0.2, -0.15) is 0 Å². The highest BCUT2D eigenvalue weighted by Gasteiger charge is 2.22. The summed E-state index contributed by atoms with van der Waals surface area (Å²) in [4.78, 5) is 9.60. The molecule has 0 radical (unpaired) electrons. The van der Waals surface area contributed by atoms with Gasteiger partial charge in [0.25, 0.3) is 0 Å². The van der Waals surface area contributed by atoms with Gasteiger partial charge in [-0.15, -0.1) is 24.0 Å². The van der Waals surface area contributed by atoms with Crippen LogP contribution in [0.15, 0.2) is 29.3 Å². The van der Waals surface area contributed by atoms with Crippen LogP contribution in [0.2, 0.25) is 0 Å². The fourth-order valence-corrected chi connectivity index (χ4v) is 2.86. The van der Waals surface area contributed by atoms with E-state index in [0.717, 1.165) is 38.6 Å². The number of anilines is 1. The predicted molar refractivity (Wildman–Crippen MR) is 99.9 cm³/mol. The summed E-state index contributed by atoms with van der Waals surface area (Å²) in [6.07, 6.45) is 2.47. The molecule has 1 fully saturated rings. The normalized spacial score (nSPS) is 18.0. The first-order valence-corrected chi connectivity index (χ1v) is 7.74. The van der Waals surface area contributed by atoms with E-state index in [1.807, 2.05) is 0 Å². The molecule has 0 amide bonds. The number of hydrogen-bond donors (Lipinski definition) is 1. The topological polar surface area (TPSA) is 30.9 Å². The smallest absolute Gasteiger partial charge is 0.198 e. The molecule has 0 unspecified atom stereocenters. The van der Waals surface area contributed by atoms with Gasteiger partial charge < -0.3 is 15.1 Å². The highest BCUT2D eigenvalue weighted by atomic mass is 127. The van der Waals surface area contributed by atoms with Crippen LogP contribution in [0.4, 0.5) is 5.69 Å². The second-order valence-electron chi connectivity index (χ2n) is 5.46.